The molecule has 0 amide bonds. The molecule has 0 aliphatic heterocycles. The van der Waals surface area contributed by atoms with Crippen molar-refractivity contribution in [3.8, 4) is 78.4 Å². The van der Waals surface area contributed by atoms with E-state index in [1.807, 2.05) is 0 Å². The van der Waals surface area contributed by atoms with Crippen LogP contribution in [-0.2, 0) is 0 Å². The molecule has 0 bridgehead atoms. The highest BCUT2D eigenvalue weighted by Gasteiger charge is 2.28. The summed E-state index contributed by atoms with van der Waals surface area (Å²) in [6, 6.07) is 69.7. The third-order valence-corrected chi connectivity index (χ3v) is 11.0. The van der Waals surface area contributed by atoms with E-state index < -0.39 is 0 Å². The van der Waals surface area contributed by atoms with Gasteiger partial charge in [0.1, 0.15) is 0 Å². The van der Waals surface area contributed by atoms with Gasteiger partial charge in [-0.25, -0.2) is 9.97 Å². The highest BCUT2D eigenvalue weighted by atomic mass is 14.9. The predicted molar refractivity (Wildman–Crippen MR) is 226 cm³/mol. The van der Waals surface area contributed by atoms with E-state index in [2.05, 4.69) is 194 Å². The van der Waals surface area contributed by atoms with Gasteiger partial charge in [-0.15, -0.1) is 0 Å². The standard InChI is InChI=1S/C52H32N2/c1-3-14-34(15-4-1)46-40-22-7-9-24-42(40)47(43-25-10-8-23-41(43)46)36-30-28-33(29-31-36)38-20-11-21-39(32-38)52-53-50(37-16-5-2-6-17-37)49-44-26-12-18-35-19-13-27-45(48(35)44)51(49)54-52/h1-32H. The lowest BCUT2D eigenvalue weighted by atomic mass is 9.86. The molecule has 2 nitrogen and oxygen atoms in total. The minimum absolute atomic E-state index is 0.729. The second kappa shape index (κ2) is 12.2. The van der Waals surface area contributed by atoms with Crippen molar-refractivity contribution < 1.29 is 0 Å². The molecule has 0 radical (unpaired) electrons. The third kappa shape index (κ3) is 4.74. The van der Waals surface area contributed by atoms with Crippen LogP contribution >= 0.6 is 0 Å². The number of nitrogens with zero attached hydrogens (tertiary/aromatic N) is 2. The maximum Gasteiger partial charge on any atom is 0.160 e. The molecule has 1 aromatic heterocycles. The summed E-state index contributed by atoms with van der Waals surface area (Å²) in [6.07, 6.45) is 0. The third-order valence-electron chi connectivity index (χ3n) is 11.0. The van der Waals surface area contributed by atoms with Gasteiger partial charge in [-0.3, -0.25) is 0 Å². The molecule has 10 aromatic rings. The molecule has 9 aromatic carbocycles. The van der Waals surface area contributed by atoms with Crippen molar-refractivity contribution in [3.63, 3.8) is 0 Å². The second-order valence-electron chi connectivity index (χ2n) is 14.1. The van der Waals surface area contributed by atoms with Gasteiger partial charge in [-0.1, -0.05) is 188 Å². The summed E-state index contributed by atoms with van der Waals surface area (Å²) in [7, 11) is 0. The fourth-order valence-corrected chi connectivity index (χ4v) is 8.61. The molecule has 0 saturated carbocycles. The van der Waals surface area contributed by atoms with Crippen LogP contribution in [0.5, 0.6) is 0 Å². The van der Waals surface area contributed by atoms with Crippen LogP contribution in [0, 0.1) is 0 Å². The Bertz CT molecular complexity index is 3010. The molecule has 0 unspecified atom stereocenters. The van der Waals surface area contributed by atoms with Crippen LogP contribution < -0.4 is 0 Å². The van der Waals surface area contributed by atoms with Crippen molar-refractivity contribution in [2.24, 2.45) is 0 Å². The molecule has 11 rings (SSSR count). The molecular weight excluding hydrogens is 653 g/mol. The first kappa shape index (κ1) is 30.5. The summed E-state index contributed by atoms with van der Waals surface area (Å²) in [5, 5.41) is 7.51. The average molecular weight is 685 g/mol. The van der Waals surface area contributed by atoms with Crippen LogP contribution in [0.25, 0.3) is 111 Å². The van der Waals surface area contributed by atoms with Crippen molar-refractivity contribution in [2.45, 2.75) is 0 Å². The van der Waals surface area contributed by atoms with E-state index in [1.54, 1.807) is 0 Å². The van der Waals surface area contributed by atoms with Gasteiger partial charge in [-0.05, 0) is 77.3 Å². The summed E-state index contributed by atoms with van der Waals surface area (Å²) in [5.41, 5.74) is 14.8. The van der Waals surface area contributed by atoms with Gasteiger partial charge in [0.25, 0.3) is 0 Å². The first-order valence-electron chi connectivity index (χ1n) is 18.5. The van der Waals surface area contributed by atoms with Crippen molar-refractivity contribution in [1.29, 1.82) is 0 Å². The molecule has 54 heavy (non-hydrogen) atoms. The van der Waals surface area contributed by atoms with Gasteiger partial charge in [0.2, 0.25) is 0 Å². The summed E-state index contributed by atoms with van der Waals surface area (Å²) >= 11 is 0. The molecule has 1 aliphatic rings. The number of aromatic nitrogens is 2. The van der Waals surface area contributed by atoms with Crippen molar-refractivity contribution >= 4 is 32.3 Å². The molecule has 0 fully saturated rings. The topological polar surface area (TPSA) is 25.8 Å². The molecule has 0 atom stereocenters. The van der Waals surface area contributed by atoms with Crippen LogP contribution in [0.15, 0.2) is 194 Å². The summed E-state index contributed by atoms with van der Waals surface area (Å²) in [6.45, 7) is 0. The van der Waals surface area contributed by atoms with E-state index in [1.165, 1.54) is 65.7 Å². The lowest BCUT2D eigenvalue weighted by Gasteiger charge is -2.18. The van der Waals surface area contributed by atoms with Gasteiger partial charge >= 0.3 is 0 Å². The lowest BCUT2D eigenvalue weighted by molar-refractivity contribution is 1.19. The van der Waals surface area contributed by atoms with E-state index in [-0.39, 0.29) is 0 Å². The largest absolute Gasteiger partial charge is 0.227 e. The number of hydrogen-bond donors (Lipinski definition) is 0. The molecule has 250 valence electrons. The molecule has 1 heterocycles. The average Bonchev–Trinajstić information content (AvgIpc) is 3.58. The maximum atomic E-state index is 5.32. The zero-order chi connectivity index (χ0) is 35.6. The van der Waals surface area contributed by atoms with E-state index in [0.29, 0.717) is 0 Å². The zero-order valence-electron chi connectivity index (χ0n) is 29.4. The molecule has 2 heteroatoms. The fraction of sp³-hybridized carbons (Fsp3) is 0. The normalized spacial score (nSPS) is 11.7. The number of rotatable bonds is 5. The molecule has 0 saturated heterocycles. The van der Waals surface area contributed by atoms with Crippen LogP contribution in [0.1, 0.15) is 0 Å². The summed E-state index contributed by atoms with van der Waals surface area (Å²) < 4.78 is 0. The van der Waals surface area contributed by atoms with Crippen molar-refractivity contribution in [2.75, 3.05) is 0 Å². The predicted octanol–water partition coefficient (Wildman–Crippen LogP) is 13.9. The first-order chi connectivity index (χ1) is 26.8. The molecule has 1 aliphatic carbocycles. The Balaban J connectivity index is 1.03. The van der Waals surface area contributed by atoms with Crippen LogP contribution in [0.4, 0.5) is 0 Å². The second-order valence-corrected chi connectivity index (χ2v) is 14.1. The highest BCUT2D eigenvalue weighted by molar-refractivity contribution is 6.21. The molecule has 0 N–H and O–H groups in total. The van der Waals surface area contributed by atoms with Crippen LogP contribution in [0.2, 0.25) is 0 Å². The smallest absolute Gasteiger partial charge is 0.160 e. The minimum Gasteiger partial charge on any atom is -0.227 e. The quantitative estimate of drug-likeness (QED) is 0.169. The minimum atomic E-state index is 0.729. The Kier molecular flexibility index (Phi) is 6.90. The molecular formula is C52H32N2. The fourth-order valence-electron chi connectivity index (χ4n) is 8.61. The van der Waals surface area contributed by atoms with E-state index in [0.717, 1.165) is 45.0 Å². The Morgan fingerprint density at radius 1 is 0.278 bits per heavy atom. The van der Waals surface area contributed by atoms with Gasteiger partial charge in [0.05, 0.1) is 11.4 Å². The summed E-state index contributed by atoms with van der Waals surface area (Å²) in [4.78, 5) is 10.6. The number of fused-ring (bicyclic) bond motifs is 5. The SMILES string of the molecule is c1ccc(-c2nc(-c3cccc(-c4ccc(-c5c6ccccc6c(-c6ccccc6)c6ccccc56)cc4)c3)nc3c2-c2cccc4cccc-3c24)cc1. The number of benzene rings is 9. The Hall–Kier alpha value is -7.16. The summed E-state index contributed by atoms with van der Waals surface area (Å²) in [5.74, 6) is 0.729. The van der Waals surface area contributed by atoms with Gasteiger partial charge in [0.15, 0.2) is 5.82 Å². The van der Waals surface area contributed by atoms with E-state index >= 15 is 0 Å². The Labute approximate surface area is 313 Å². The first-order valence-corrected chi connectivity index (χ1v) is 18.5. The highest BCUT2D eigenvalue weighted by Crippen LogP contribution is 2.50. The molecule has 0 spiro atoms. The Morgan fingerprint density at radius 3 is 1.37 bits per heavy atom. The Morgan fingerprint density at radius 2 is 0.741 bits per heavy atom. The van der Waals surface area contributed by atoms with Gasteiger partial charge < -0.3 is 0 Å². The lowest BCUT2D eigenvalue weighted by Crippen LogP contribution is -1.97. The van der Waals surface area contributed by atoms with Gasteiger partial charge in [-0.2, -0.15) is 0 Å². The van der Waals surface area contributed by atoms with E-state index in [9.17, 15) is 0 Å². The van der Waals surface area contributed by atoms with Crippen LogP contribution in [-0.4, -0.2) is 9.97 Å². The van der Waals surface area contributed by atoms with Crippen molar-refractivity contribution in [3.05, 3.63) is 194 Å². The zero-order valence-corrected chi connectivity index (χ0v) is 29.4. The van der Waals surface area contributed by atoms with E-state index in [4.69, 9.17) is 9.97 Å². The monoisotopic (exact) mass is 684 g/mol. The van der Waals surface area contributed by atoms with Crippen LogP contribution in [0.3, 0.4) is 0 Å². The number of hydrogen-bond acceptors (Lipinski definition) is 2. The maximum absolute atomic E-state index is 5.32. The van der Waals surface area contributed by atoms with Crippen molar-refractivity contribution in [1.82, 2.24) is 9.97 Å². The van der Waals surface area contributed by atoms with Gasteiger partial charge in [0, 0.05) is 22.3 Å².